The van der Waals surface area contributed by atoms with Crippen molar-refractivity contribution in [1.29, 1.82) is 0 Å². The molecule has 0 heterocycles. The van der Waals surface area contributed by atoms with E-state index in [0.29, 0.717) is 5.92 Å². The van der Waals surface area contributed by atoms with Gasteiger partial charge in [0, 0.05) is 5.92 Å². The molecular formula is C39H30. The van der Waals surface area contributed by atoms with E-state index >= 15 is 0 Å². The van der Waals surface area contributed by atoms with Crippen molar-refractivity contribution in [2.75, 3.05) is 0 Å². The lowest BCUT2D eigenvalue weighted by Gasteiger charge is -2.35. The minimum Gasteiger partial charge on any atom is -0.0614 e. The van der Waals surface area contributed by atoms with Crippen LogP contribution in [0, 0.1) is 20.8 Å². The molecule has 9 rings (SSSR count). The SMILES string of the molecule is Cc1cccc(-c2ccc3c4cc(C)c5c6c(ccc(c7cc(C)cc2c73)c64)C2CCCc3cccc-5c32)c1. The third-order valence-electron chi connectivity index (χ3n) is 9.81. The van der Waals surface area contributed by atoms with Crippen LogP contribution in [0.1, 0.15) is 52.1 Å². The molecule has 1 atom stereocenters. The van der Waals surface area contributed by atoms with Gasteiger partial charge in [-0.05, 0) is 133 Å². The van der Waals surface area contributed by atoms with E-state index in [1.165, 1.54) is 101 Å². The molecule has 0 N–H and O–H groups in total. The second kappa shape index (κ2) is 7.48. The Hall–Kier alpha value is -4.16. The number of fused-ring (bicyclic) bond motifs is 4. The van der Waals surface area contributed by atoms with Crippen molar-refractivity contribution in [1.82, 2.24) is 0 Å². The highest BCUT2D eigenvalue weighted by atomic mass is 14.4. The van der Waals surface area contributed by atoms with Crippen molar-refractivity contribution in [3.05, 3.63) is 118 Å². The predicted molar refractivity (Wildman–Crippen MR) is 168 cm³/mol. The third kappa shape index (κ3) is 2.74. The van der Waals surface area contributed by atoms with Crippen molar-refractivity contribution >= 4 is 43.1 Å². The molecule has 0 bridgehead atoms. The Labute approximate surface area is 229 Å². The summed E-state index contributed by atoms with van der Waals surface area (Å²) in [5, 5.41) is 11.4. The van der Waals surface area contributed by atoms with Gasteiger partial charge in [-0.2, -0.15) is 0 Å². The zero-order valence-electron chi connectivity index (χ0n) is 22.8. The molecule has 2 aliphatic rings. The van der Waals surface area contributed by atoms with E-state index < -0.39 is 0 Å². The summed E-state index contributed by atoms with van der Waals surface area (Å²) in [6, 6.07) is 33.1. The molecule has 39 heavy (non-hydrogen) atoms. The van der Waals surface area contributed by atoms with E-state index in [2.05, 4.69) is 106 Å². The first-order valence-electron chi connectivity index (χ1n) is 14.5. The average molecular weight is 499 g/mol. The first-order chi connectivity index (χ1) is 19.1. The minimum atomic E-state index is 0.517. The largest absolute Gasteiger partial charge is 0.0614 e. The Morgan fingerprint density at radius 3 is 2.28 bits per heavy atom. The fourth-order valence-electron chi connectivity index (χ4n) is 8.34. The molecular weight excluding hydrogens is 468 g/mol. The molecule has 186 valence electrons. The molecule has 0 radical (unpaired) electrons. The van der Waals surface area contributed by atoms with Crippen LogP contribution < -0.4 is 0 Å². The topological polar surface area (TPSA) is 0 Å². The van der Waals surface area contributed by atoms with Gasteiger partial charge in [0.1, 0.15) is 0 Å². The standard InChI is InChI=1S/C39H30/c1-21-7-4-10-25(17-21)26-13-14-29-34-20-23(3)35-31-12-6-9-24-8-5-11-27(36(24)31)28-15-16-30(38(34)39(28)35)33-19-22(2)18-32(26)37(29)33/h4,6-7,9-10,12-20,27H,5,8,11H2,1-3H3. The first kappa shape index (κ1) is 21.7. The average Bonchev–Trinajstić information content (AvgIpc) is 2.94. The molecule has 1 unspecified atom stereocenters. The van der Waals surface area contributed by atoms with Crippen LogP contribution in [0.3, 0.4) is 0 Å². The van der Waals surface area contributed by atoms with Gasteiger partial charge in [-0.25, -0.2) is 0 Å². The third-order valence-corrected chi connectivity index (χ3v) is 9.81. The number of benzene rings is 7. The number of rotatable bonds is 1. The highest BCUT2D eigenvalue weighted by Crippen LogP contribution is 2.55. The predicted octanol–water partition coefficient (Wildman–Crippen LogP) is 10.8. The summed E-state index contributed by atoms with van der Waals surface area (Å²) in [6.45, 7) is 6.78. The van der Waals surface area contributed by atoms with Crippen LogP contribution in [0.5, 0.6) is 0 Å². The molecule has 0 aliphatic heterocycles. The normalized spacial score (nSPS) is 16.0. The molecule has 7 aromatic carbocycles. The summed E-state index contributed by atoms with van der Waals surface area (Å²) in [5.74, 6) is 0.517. The maximum Gasteiger partial charge on any atom is 0.0105 e. The van der Waals surface area contributed by atoms with Crippen molar-refractivity contribution in [3.8, 4) is 22.3 Å². The molecule has 0 aromatic heterocycles. The van der Waals surface area contributed by atoms with Gasteiger partial charge in [0.25, 0.3) is 0 Å². The Kier molecular flexibility index (Phi) is 4.17. The van der Waals surface area contributed by atoms with E-state index in [1.807, 2.05) is 0 Å². The van der Waals surface area contributed by atoms with Crippen LogP contribution in [0.15, 0.2) is 84.9 Å². The molecule has 0 heteroatoms. The molecule has 0 saturated heterocycles. The van der Waals surface area contributed by atoms with Crippen LogP contribution in [-0.4, -0.2) is 0 Å². The summed E-state index contributed by atoms with van der Waals surface area (Å²) in [7, 11) is 0. The lowest BCUT2D eigenvalue weighted by Crippen LogP contribution is -2.17. The van der Waals surface area contributed by atoms with Gasteiger partial charge >= 0.3 is 0 Å². The highest BCUT2D eigenvalue weighted by molar-refractivity contribution is 6.36. The van der Waals surface area contributed by atoms with Crippen LogP contribution in [-0.2, 0) is 6.42 Å². The molecule has 7 aromatic rings. The zero-order valence-corrected chi connectivity index (χ0v) is 22.8. The molecule has 0 nitrogen and oxygen atoms in total. The van der Waals surface area contributed by atoms with Crippen LogP contribution in [0.4, 0.5) is 0 Å². The molecule has 2 aliphatic carbocycles. The van der Waals surface area contributed by atoms with Gasteiger partial charge < -0.3 is 0 Å². The second-order valence-electron chi connectivity index (χ2n) is 12.2. The fourth-order valence-corrected chi connectivity index (χ4v) is 8.34. The highest BCUT2D eigenvalue weighted by Gasteiger charge is 2.33. The summed E-state index contributed by atoms with van der Waals surface area (Å²) >= 11 is 0. The van der Waals surface area contributed by atoms with Gasteiger partial charge in [-0.1, -0.05) is 90.5 Å². The summed E-state index contributed by atoms with van der Waals surface area (Å²) in [6.07, 6.45) is 3.75. The summed E-state index contributed by atoms with van der Waals surface area (Å²) < 4.78 is 0. The van der Waals surface area contributed by atoms with E-state index in [1.54, 1.807) is 16.7 Å². The van der Waals surface area contributed by atoms with Crippen molar-refractivity contribution in [2.45, 2.75) is 46.0 Å². The zero-order chi connectivity index (χ0) is 26.0. The molecule has 0 saturated carbocycles. The van der Waals surface area contributed by atoms with Gasteiger partial charge in [0.2, 0.25) is 0 Å². The lowest BCUT2D eigenvalue weighted by molar-refractivity contribution is 0.618. The quantitative estimate of drug-likeness (QED) is 0.156. The Morgan fingerprint density at radius 2 is 1.38 bits per heavy atom. The molecule has 0 spiro atoms. The Balaban J connectivity index is 1.49. The van der Waals surface area contributed by atoms with Crippen LogP contribution in [0.2, 0.25) is 0 Å². The van der Waals surface area contributed by atoms with Crippen molar-refractivity contribution in [2.24, 2.45) is 0 Å². The second-order valence-corrected chi connectivity index (χ2v) is 12.2. The van der Waals surface area contributed by atoms with E-state index in [-0.39, 0.29) is 0 Å². The minimum absolute atomic E-state index is 0.517. The number of hydrogen-bond acceptors (Lipinski definition) is 0. The first-order valence-corrected chi connectivity index (χ1v) is 14.5. The van der Waals surface area contributed by atoms with Gasteiger partial charge in [-0.3, -0.25) is 0 Å². The van der Waals surface area contributed by atoms with Gasteiger partial charge in [0.15, 0.2) is 0 Å². The number of aryl methyl sites for hydroxylation is 4. The Bertz CT molecular complexity index is 2170. The monoisotopic (exact) mass is 498 g/mol. The Morgan fingerprint density at radius 1 is 0.590 bits per heavy atom. The fraction of sp³-hybridized carbons (Fsp3) is 0.179. The van der Waals surface area contributed by atoms with E-state index in [4.69, 9.17) is 0 Å². The van der Waals surface area contributed by atoms with Crippen molar-refractivity contribution < 1.29 is 0 Å². The smallest absolute Gasteiger partial charge is 0.0105 e. The van der Waals surface area contributed by atoms with Crippen molar-refractivity contribution in [3.63, 3.8) is 0 Å². The summed E-state index contributed by atoms with van der Waals surface area (Å²) in [4.78, 5) is 0. The maximum absolute atomic E-state index is 2.50. The van der Waals surface area contributed by atoms with Gasteiger partial charge in [-0.15, -0.1) is 0 Å². The molecule has 0 fully saturated rings. The number of hydrogen-bond donors (Lipinski definition) is 0. The van der Waals surface area contributed by atoms with Gasteiger partial charge in [0.05, 0.1) is 0 Å². The van der Waals surface area contributed by atoms with Crippen LogP contribution >= 0.6 is 0 Å². The maximum atomic E-state index is 2.50. The molecule has 0 amide bonds. The summed E-state index contributed by atoms with van der Waals surface area (Å²) in [5.41, 5.74) is 14.4. The van der Waals surface area contributed by atoms with E-state index in [0.717, 1.165) is 0 Å². The lowest BCUT2D eigenvalue weighted by atomic mass is 9.68. The van der Waals surface area contributed by atoms with E-state index in [9.17, 15) is 0 Å². The van der Waals surface area contributed by atoms with Crippen LogP contribution in [0.25, 0.3) is 65.3 Å².